The number of aliphatic carboxylic acids is 2. The SMILES string of the molecule is CC(=O)N[C@H]1[C@H](OC[C@H]2OC(O)[C@H](O)[C@@H](O[C@@H]3O[C@H](CO)[C@@H](O[C@@H]4O[C@H](CO)[C@H](O)[C@H](O[C@]5(C(=O)O)C[C@H](O)[C@@H](NC(C)=O)[C@H]([C@H](O)[C@H](O)CO)O5)[C@H]4O)[C@H](O)[C@H]3NC(C)=O)[C@H]2O)O[C@H](CO)[C@@H](O[C@@H]2O[C@H](CO)[C@H](O)[C@H](O[C@]3(C(=O)O)C[C@H](O)[C@@H](NC(C)=O)[C@H]([C@H](O)[C@H](O)CO)O3)[C@H]2O)[C@@H]1O. The van der Waals surface area contributed by atoms with Gasteiger partial charge in [0.2, 0.25) is 23.6 Å². The van der Waals surface area contributed by atoms with Crippen LogP contribution in [0.3, 0.4) is 0 Å². The lowest BCUT2D eigenvalue weighted by molar-refractivity contribution is -0.387. The van der Waals surface area contributed by atoms with Crippen LogP contribution in [0.2, 0.25) is 0 Å². The number of aliphatic hydroxyl groups excluding tert-OH is 21. The number of rotatable bonds is 29. The second kappa shape index (κ2) is 35.9. The van der Waals surface area contributed by atoms with Gasteiger partial charge in [0, 0.05) is 40.5 Å². The number of carbonyl (C=O) groups is 6. The van der Waals surface area contributed by atoms with Gasteiger partial charge in [-0.3, -0.25) is 19.2 Å². The van der Waals surface area contributed by atoms with Crippen molar-refractivity contribution >= 4 is 35.6 Å². The largest absolute Gasteiger partial charge is 0.477 e. The molecule has 0 radical (unpaired) electrons. The van der Waals surface area contributed by atoms with Crippen molar-refractivity contribution in [1.29, 1.82) is 0 Å². The second-order valence-electron chi connectivity index (χ2n) is 25.4. The molecule has 7 aliphatic rings. The van der Waals surface area contributed by atoms with E-state index in [9.17, 15) is 146 Å². The van der Waals surface area contributed by atoms with Gasteiger partial charge in [0.15, 0.2) is 31.5 Å². The molecule has 0 bridgehead atoms. The summed E-state index contributed by atoms with van der Waals surface area (Å²) in [5.41, 5.74) is 0. The Balaban J connectivity index is 1.07. The van der Waals surface area contributed by atoms with E-state index in [2.05, 4.69) is 21.3 Å². The highest BCUT2D eigenvalue weighted by Crippen LogP contribution is 2.42. The van der Waals surface area contributed by atoms with Gasteiger partial charge < -0.3 is 200 Å². The van der Waals surface area contributed by atoms with Gasteiger partial charge in [-0.05, 0) is 0 Å². The van der Waals surface area contributed by atoms with Crippen molar-refractivity contribution in [3.8, 4) is 0 Å². The number of carbonyl (C=O) groups excluding carboxylic acids is 4. The van der Waals surface area contributed by atoms with Crippen LogP contribution in [0.5, 0.6) is 0 Å². The highest BCUT2D eigenvalue weighted by molar-refractivity contribution is 5.78. The first-order valence-corrected chi connectivity index (χ1v) is 31.9. The van der Waals surface area contributed by atoms with Gasteiger partial charge in [-0.1, -0.05) is 0 Å². The molecule has 7 fully saturated rings. The zero-order valence-corrected chi connectivity index (χ0v) is 54.6. The van der Waals surface area contributed by atoms with Gasteiger partial charge >= 0.3 is 11.9 Å². The maximum absolute atomic E-state index is 13.1. The molecule has 7 saturated heterocycles. The Morgan fingerprint density at radius 1 is 0.402 bits per heavy atom. The molecule has 37 atom stereocenters. The lowest BCUT2D eigenvalue weighted by Crippen LogP contribution is -2.71. The lowest BCUT2D eigenvalue weighted by Gasteiger charge is -2.51. The van der Waals surface area contributed by atoms with Crippen molar-refractivity contribution in [2.24, 2.45) is 0 Å². The minimum absolute atomic E-state index is 0.847. The first-order chi connectivity index (χ1) is 47.9. The quantitative estimate of drug-likeness (QED) is 0.0331. The molecule has 46 heteroatoms. The normalized spacial score (nSPS) is 44.6. The highest BCUT2D eigenvalue weighted by Gasteiger charge is 2.64. The number of amides is 4. The van der Waals surface area contributed by atoms with E-state index < -0.39 is 321 Å². The van der Waals surface area contributed by atoms with E-state index in [0.29, 0.717) is 0 Å². The fourth-order valence-electron chi connectivity index (χ4n) is 12.9. The minimum atomic E-state index is -3.24. The first kappa shape index (κ1) is 84.7. The number of nitrogens with one attached hydrogen (secondary N) is 4. The van der Waals surface area contributed by atoms with Crippen molar-refractivity contribution in [3.05, 3.63) is 0 Å². The van der Waals surface area contributed by atoms with Crippen LogP contribution < -0.4 is 21.3 Å². The predicted molar refractivity (Wildman–Crippen MR) is 313 cm³/mol. The van der Waals surface area contributed by atoms with E-state index in [0.717, 1.165) is 27.7 Å². The third kappa shape index (κ3) is 18.5. The fourth-order valence-corrected chi connectivity index (χ4v) is 12.9. The molecular weight excluding hydrogens is 1400 g/mol. The number of carboxylic acid groups (broad SMARTS) is 2. The number of hydrogen-bond acceptors (Lipinski definition) is 40. The second-order valence-corrected chi connectivity index (χ2v) is 25.4. The van der Waals surface area contributed by atoms with Gasteiger partial charge in [-0.2, -0.15) is 0 Å². The first-order valence-electron chi connectivity index (χ1n) is 31.9. The van der Waals surface area contributed by atoms with Crippen LogP contribution in [0.15, 0.2) is 0 Å². The predicted octanol–water partition coefficient (Wildman–Crippen LogP) is -17.3. The van der Waals surface area contributed by atoms with Crippen molar-refractivity contribution in [1.82, 2.24) is 21.3 Å². The summed E-state index contributed by atoms with van der Waals surface area (Å²) in [5, 5.41) is 260. The molecule has 0 saturated carbocycles. The molecule has 0 spiro atoms. The van der Waals surface area contributed by atoms with E-state index in [-0.39, 0.29) is 0 Å². The van der Waals surface area contributed by atoms with E-state index in [4.69, 9.17) is 61.6 Å². The lowest BCUT2D eigenvalue weighted by atomic mass is 9.88. The zero-order chi connectivity index (χ0) is 76.1. The summed E-state index contributed by atoms with van der Waals surface area (Å²) in [6, 6.07) is -7.19. The topological polar surface area (TPSA) is 736 Å². The summed E-state index contributed by atoms with van der Waals surface area (Å²) >= 11 is 0. The van der Waals surface area contributed by atoms with E-state index in [1.807, 2.05) is 0 Å². The van der Waals surface area contributed by atoms with E-state index in [1.54, 1.807) is 0 Å². The summed E-state index contributed by atoms with van der Waals surface area (Å²) in [7, 11) is 0. The Kier molecular flexibility index (Phi) is 29.8. The molecule has 0 aromatic carbocycles. The molecule has 46 nitrogen and oxygen atoms in total. The van der Waals surface area contributed by atoms with Crippen LogP contribution in [-0.4, -0.2) is 425 Å². The average Bonchev–Trinajstić information content (AvgIpc) is 0.758. The van der Waals surface area contributed by atoms with Crippen LogP contribution >= 0.6 is 0 Å². The standard InChI is InChI=1S/C56H92N4O42/c1-14(67)57-27-18(71)5-55(53(86)87,99-43(27)31(75)20(73)7-61)101-46-33(77)22(9-63)92-51(39(46)83)96-41-24(11-65)94-49(29(36(41)80)59-16(3)69)90-13-26-35(79)45(38(82)48(85)91-26)98-50-30(60-17(4)70)37(81)42(25(12-66)95-50)97-52-40(84)47(34(78)23(10-64)93-52)102-56(54(88)89)6-19(72)28(58-15(2)68)44(100-56)32(76)21(74)8-62/h18-52,61-66,71-85H,5-13H2,1-4H3,(H,57,67)(H,58,68)(H,59,69)(H,60,70)(H,86,87)(H,88,89)/t18-,19-,20+,21+,22+,23+,24+,25+,26+,27+,28+,29+,30+,31+,32+,33-,34-,35-,36+,37+,38+,39+,40+,41+,42+,43+,44+,45-,46-,47-,48?,49+,50-,51-,52-,55-,56-/m0/s1. The minimum Gasteiger partial charge on any atom is -0.477 e. The van der Waals surface area contributed by atoms with Gasteiger partial charge in [0.1, 0.15) is 159 Å². The Bertz CT molecular complexity index is 2780. The smallest absolute Gasteiger partial charge is 0.364 e. The third-order valence-electron chi connectivity index (χ3n) is 18.1. The maximum Gasteiger partial charge on any atom is 0.364 e. The summed E-state index contributed by atoms with van der Waals surface area (Å²) in [5.74, 6) is -14.3. The van der Waals surface area contributed by atoms with Crippen LogP contribution in [0, 0.1) is 0 Å². The monoisotopic (exact) mass is 1490 g/mol. The van der Waals surface area contributed by atoms with Crippen molar-refractivity contribution in [2.75, 3.05) is 46.2 Å². The highest BCUT2D eigenvalue weighted by atomic mass is 16.8. The summed E-state index contributed by atoms with van der Waals surface area (Å²) in [6.45, 7) is -4.19. The van der Waals surface area contributed by atoms with Crippen molar-refractivity contribution in [2.45, 2.75) is 266 Å². The van der Waals surface area contributed by atoms with E-state index in [1.165, 1.54) is 0 Å². The molecule has 0 aliphatic carbocycles. The van der Waals surface area contributed by atoms with E-state index >= 15 is 0 Å². The average molecular weight is 1490 g/mol. The molecule has 7 rings (SSSR count). The summed E-state index contributed by atoms with van der Waals surface area (Å²) < 4.78 is 74.6. The number of hydrogen-bond donors (Lipinski definition) is 27. The third-order valence-corrected chi connectivity index (χ3v) is 18.1. The molecule has 7 aliphatic heterocycles. The molecular formula is C56H92N4O42. The Morgan fingerprint density at radius 3 is 1.09 bits per heavy atom. The Hall–Kier alpha value is -4.54. The number of aliphatic hydroxyl groups is 21. The molecule has 588 valence electrons. The zero-order valence-electron chi connectivity index (χ0n) is 54.6. The molecule has 102 heavy (non-hydrogen) atoms. The summed E-state index contributed by atoms with van der Waals surface area (Å²) in [6.07, 6.45) is -69.0. The van der Waals surface area contributed by atoms with Crippen LogP contribution in [0.1, 0.15) is 40.5 Å². The maximum atomic E-state index is 13.1. The van der Waals surface area contributed by atoms with Crippen molar-refractivity contribution < 1.29 is 208 Å². The molecule has 0 aromatic rings. The number of carboxylic acids is 2. The van der Waals surface area contributed by atoms with Crippen LogP contribution in [0.25, 0.3) is 0 Å². The molecule has 4 amide bonds. The van der Waals surface area contributed by atoms with Crippen molar-refractivity contribution in [3.63, 3.8) is 0 Å². The molecule has 27 N–H and O–H groups in total. The van der Waals surface area contributed by atoms with Gasteiger partial charge in [0.25, 0.3) is 11.6 Å². The Morgan fingerprint density at radius 2 is 0.735 bits per heavy atom. The van der Waals surface area contributed by atoms with Gasteiger partial charge in [-0.15, -0.1) is 0 Å². The van der Waals surface area contributed by atoms with Crippen LogP contribution in [0.4, 0.5) is 0 Å². The Labute approximate surface area is 576 Å². The fraction of sp³-hybridized carbons (Fsp3) is 0.893. The van der Waals surface area contributed by atoms with Gasteiger partial charge in [-0.25, -0.2) is 9.59 Å². The molecule has 0 aromatic heterocycles. The molecule has 7 heterocycles. The van der Waals surface area contributed by atoms with Crippen LogP contribution in [-0.2, 0) is 90.3 Å². The molecule has 1 unspecified atom stereocenters. The van der Waals surface area contributed by atoms with Gasteiger partial charge in [0.05, 0.1) is 70.5 Å². The summed E-state index contributed by atoms with van der Waals surface area (Å²) in [4.78, 5) is 75.9. The number of ether oxygens (including phenoxy) is 13.